The number of hydrogen-bond donors (Lipinski definition) is 4. The maximum atomic E-state index is 12.9. The first-order valence-electron chi connectivity index (χ1n) is 13.0. The highest BCUT2D eigenvalue weighted by atomic mass is 35.5. The van der Waals surface area contributed by atoms with Crippen LogP contribution in [0.1, 0.15) is 33.4 Å². The molecule has 41 heavy (non-hydrogen) atoms. The summed E-state index contributed by atoms with van der Waals surface area (Å²) in [6.07, 6.45) is 1.35. The summed E-state index contributed by atoms with van der Waals surface area (Å²) < 4.78 is 31.9. The molecule has 0 amide bonds. The number of aliphatic hydroxyl groups is 1. The first kappa shape index (κ1) is 30.7. The lowest BCUT2D eigenvalue weighted by Crippen LogP contribution is -2.17. The Kier molecular flexibility index (Phi) is 10.2. The van der Waals surface area contributed by atoms with Crippen molar-refractivity contribution in [3.63, 3.8) is 0 Å². The fourth-order valence-electron chi connectivity index (χ4n) is 3.76. The molecule has 13 heteroatoms. The Balaban J connectivity index is 1.61. The van der Waals surface area contributed by atoms with E-state index in [1.165, 1.54) is 17.5 Å². The second-order valence-electron chi connectivity index (χ2n) is 9.65. The van der Waals surface area contributed by atoms with Crippen molar-refractivity contribution in [3.8, 4) is 16.3 Å². The summed E-state index contributed by atoms with van der Waals surface area (Å²) in [5, 5.41) is 20.8. The van der Waals surface area contributed by atoms with Crippen LogP contribution in [0.2, 0.25) is 5.02 Å². The van der Waals surface area contributed by atoms with E-state index >= 15 is 0 Å². The number of halogens is 1. The van der Waals surface area contributed by atoms with Crippen LogP contribution >= 0.6 is 22.9 Å². The van der Waals surface area contributed by atoms with Crippen LogP contribution in [-0.2, 0) is 16.4 Å². The topological polar surface area (TPSA) is 138 Å². The Morgan fingerprint density at radius 2 is 1.83 bits per heavy atom. The van der Waals surface area contributed by atoms with Gasteiger partial charge in [0, 0.05) is 24.0 Å². The van der Waals surface area contributed by atoms with E-state index in [9.17, 15) is 8.42 Å². The van der Waals surface area contributed by atoms with Crippen molar-refractivity contribution in [1.29, 1.82) is 0 Å². The van der Waals surface area contributed by atoms with E-state index in [4.69, 9.17) is 26.4 Å². The highest BCUT2D eigenvalue weighted by Crippen LogP contribution is 2.35. The quantitative estimate of drug-likeness (QED) is 0.136. The molecule has 0 aliphatic heterocycles. The van der Waals surface area contributed by atoms with E-state index in [1.54, 1.807) is 38.1 Å². The van der Waals surface area contributed by atoms with Crippen LogP contribution < -0.4 is 20.7 Å². The summed E-state index contributed by atoms with van der Waals surface area (Å²) >= 11 is 7.92. The van der Waals surface area contributed by atoms with Crippen molar-refractivity contribution in [3.05, 3.63) is 64.8 Å². The number of nitrogens with zero attached hydrogens (tertiary/aromatic N) is 3. The van der Waals surface area contributed by atoms with Gasteiger partial charge in [-0.1, -0.05) is 23.7 Å². The number of rotatable bonds is 13. The lowest BCUT2D eigenvalue weighted by molar-refractivity contribution is 0.244. The number of para-hydroxylation sites is 1. The van der Waals surface area contributed by atoms with Crippen molar-refractivity contribution in [2.45, 2.75) is 50.5 Å². The Hall–Kier alpha value is -3.29. The minimum absolute atomic E-state index is 0.0730. The van der Waals surface area contributed by atoms with Gasteiger partial charge >= 0.3 is 0 Å². The highest BCUT2D eigenvalue weighted by molar-refractivity contribution is 7.92. The number of thiazole rings is 1. The molecule has 218 valence electrons. The van der Waals surface area contributed by atoms with E-state index < -0.39 is 15.1 Å². The first-order chi connectivity index (χ1) is 19.6. The van der Waals surface area contributed by atoms with Gasteiger partial charge < -0.3 is 25.8 Å². The molecule has 4 rings (SSSR count). The summed E-state index contributed by atoms with van der Waals surface area (Å²) in [4.78, 5) is 13.7. The molecule has 0 aliphatic carbocycles. The van der Waals surface area contributed by atoms with Crippen LogP contribution in [0.4, 0.5) is 23.1 Å². The van der Waals surface area contributed by atoms with Gasteiger partial charge in [0.1, 0.15) is 15.8 Å². The van der Waals surface area contributed by atoms with Crippen molar-refractivity contribution in [1.82, 2.24) is 20.3 Å². The number of nitrogens with one attached hydrogen (secondary N) is 3. The molecule has 0 fully saturated rings. The summed E-state index contributed by atoms with van der Waals surface area (Å²) in [7, 11) is -3.55. The molecule has 2 heterocycles. The Morgan fingerprint density at radius 1 is 1.05 bits per heavy atom. The number of benzene rings is 2. The largest absolute Gasteiger partial charge is 0.489 e. The molecule has 2 aromatic carbocycles. The summed E-state index contributed by atoms with van der Waals surface area (Å²) in [5.41, 5.74) is 2.80. The predicted octanol–water partition coefficient (Wildman–Crippen LogP) is 5.79. The SMILES string of the molecule is CC(C)Oc1cc(-c2nc(CNCCO)cs2)ccc1Nc1ncc(Cl)c(Nc2ccccc2S(=O)(=O)C(C)C)n1. The van der Waals surface area contributed by atoms with Gasteiger partial charge in [-0.15, -0.1) is 11.3 Å². The van der Waals surface area contributed by atoms with E-state index in [0.717, 1.165) is 16.3 Å². The van der Waals surface area contributed by atoms with Crippen LogP contribution in [0.25, 0.3) is 10.6 Å². The molecule has 0 spiro atoms. The second kappa shape index (κ2) is 13.6. The molecule has 4 aromatic rings. The summed E-state index contributed by atoms with van der Waals surface area (Å²) in [6, 6.07) is 12.4. The molecule has 0 unspecified atom stereocenters. The predicted molar refractivity (Wildman–Crippen MR) is 164 cm³/mol. The third-order valence-corrected chi connectivity index (χ3v) is 9.22. The first-order valence-corrected chi connectivity index (χ1v) is 15.9. The normalized spacial score (nSPS) is 11.7. The van der Waals surface area contributed by atoms with Gasteiger partial charge in [-0.3, -0.25) is 0 Å². The van der Waals surface area contributed by atoms with Crippen molar-refractivity contribution < 1.29 is 18.3 Å². The molecule has 10 nitrogen and oxygen atoms in total. The van der Waals surface area contributed by atoms with Gasteiger partial charge in [0.15, 0.2) is 15.7 Å². The number of aliphatic hydroxyl groups excluding tert-OH is 1. The average Bonchev–Trinajstić information content (AvgIpc) is 3.40. The number of hydrogen-bond acceptors (Lipinski definition) is 11. The maximum absolute atomic E-state index is 12.9. The lowest BCUT2D eigenvalue weighted by Gasteiger charge is -2.17. The third-order valence-electron chi connectivity index (χ3n) is 5.80. The molecular weight excluding hydrogens is 584 g/mol. The average molecular weight is 617 g/mol. The zero-order valence-electron chi connectivity index (χ0n) is 23.2. The molecular formula is C28H33ClN6O4S2. The molecule has 0 saturated carbocycles. The molecule has 0 atom stereocenters. The van der Waals surface area contributed by atoms with Gasteiger partial charge in [0.05, 0.1) is 46.1 Å². The zero-order valence-corrected chi connectivity index (χ0v) is 25.6. The maximum Gasteiger partial charge on any atom is 0.229 e. The number of sulfone groups is 1. The van der Waals surface area contributed by atoms with Crippen LogP contribution in [0, 0.1) is 0 Å². The fourth-order valence-corrected chi connectivity index (χ4v) is 5.92. The number of aromatic nitrogens is 3. The summed E-state index contributed by atoms with van der Waals surface area (Å²) in [6.45, 7) is 8.30. The van der Waals surface area contributed by atoms with Gasteiger partial charge in [0.25, 0.3) is 0 Å². The smallest absolute Gasteiger partial charge is 0.229 e. The second-order valence-corrected chi connectivity index (χ2v) is 13.4. The minimum Gasteiger partial charge on any atom is -0.489 e. The molecule has 0 saturated heterocycles. The molecule has 0 aliphatic rings. The van der Waals surface area contributed by atoms with Crippen molar-refractivity contribution in [2.75, 3.05) is 23.8 Å². The standard InChI is InChI=1S/C28H33ClN6O4S2/c1-17(2)39-24-13-19(27-32-20(16-40-27)14-30-11-12-36)9-10-22(24)34-28-31-15-21(29)26(35-28)33-23-7-5-6-8-25(23)41(37,38)18(3)4/h5-10,13,15-18,30,36H,11-12,14H2,1-4H3,(H2,31,33,34,35). The summed E-state index contributed by atoms with van der Waals surface area (Å²) in [5.74, 6) is 1.09. The van der Waals surface area contributed by atoms with Gasteiger partial charge in [-0.05, 0) is 58.0 Å². The Bertz CT molecular complexity index is 1590. The Labute approximate surface area is 249 Å². The minimum atomic E-state index is -3.55. The van der Waals surface area contributed by atoms with Crippen molar-refractivity contribution >= 4 is 55.9 Å². The van der Waals surface area contributed by atoms with E-state index in [0.29, 0.717) is 30.2 Å². The van der Waals surface area contributed by atoms with Crippen LogP contribution in [0.5, 0.6) is 5.75 Å². The fraction of sp³-hybridized carbons (Fsp3) is 0.321. The molecule has 2 aromatic heterocycles. The van der Waals surface area contributed by atoms with Gasteiger partial charge in [-0.2, -0.15) is 4.98 Å². The van der Waals surface area contributed by atoms with E-state index in [-0.39, 0.29) is 34.4 Å². The molecule has 0 radical (unpaired) electrons. The monoisotopic (exact) mass is 616 g/mol. The Morgan fingerprint density at radius 3 is 2.56 bits per heavy atom. The number of ether oxygens (including phenoxy) is 1. The highest BCUT2D eigenvalue weighted by Gasteiger charge is 2.23. The molecule has 0 bridgehead atoms. The lowest BCUT2D eigenvalue weighted by atomic mass is 10.2. The molecule has 4 N–H and O–H groups in total. The zero-order chi connectivity index (χ0) is 29.6. The van der Waals surface area contributed by atoms with Crippen LogP contribution in [0.15, 0.2) is 58.9 Å². The van der Waals surface area contributed by atoms with Gasteiger partial charge in [0.2, 0.25) is 5.95 Å². The van der Waals surface area contributed by atoms with Gasteiger partial charge in [-0.25, -0.2) is 18.4 Å². The van der Waals surface area contributed by atoms with Crippen molar-refractivity contribution in [2.24, 2.45) is 0 Å². The van der Waals surface area contributed by atoms with Crippen LogP contribution in [-0.4, -0.2) is 53.0 Å². The van der Waals surface area contributed by atoms with Crippen LogP contribution in [0.3, 0.4) is 0 Å². The van der Waals surface area contributed by atoms with E-state index in [2.05, 4.69) is 25.9 Å². The number of anilines is 4. The van der Waals surface area contributed by atoms with E-state index in [1.807, 2.05) is 37.4 Å². The third kappa shape index (κ3) is 7.72.